The smallest absolute Gasteiger partial charge is 0.0412 e. The van der Waals surface area contributed by atoms with E-state index in [2.05, 4.69) is 50.4 Å². The van der Waals surface area contributed by atoms with E-state index >= 15 is 0 Å². The lowest BCUT2D eigenvalue weighted by molar-refractivity contribution is 0.655. The van der Waals surface area contributed by atoms with E-state index in [4.69, 9.17) is 0 Å². The van der Waals surface area contributed by atoms with Crippen LogP contribution in [0.4, 0.5) is 0 Å². The van der Waals surface area contributed by atoms with Gasteiger partial charge >= 0.3 is 0 Å². The van der Waals surface area contributed by atoms with Crippen molar-refractivity contribution in [2.45, 2.75) is 26.8 Å². The summed E-state index contributed by atoms with van der Waals surface area (Å²) >= 11 is 2.04. The van der Waals surface area contributed by atoms with Gasteiger partial charge < -0.3 is 5.32 Å². The summed E-state index contributed by atoms with van der Waals surface area (Å²) in [5.41, 5.74) is 2.81. The van der Waals surface area contributed by atoms with E-state index in [9.17, 15) is 0 Å². The van der Waals surface area contributed by atoms with Gasteiger partial charge in [0.25, 0.3) is 0 Å². The SMILES string of the molecule is CNC(CSCC(C)C)c1ccccc1C. The predicted octanol–water partition coefficient (Wildman–Crippen LogP) is 3.64. The number of rotatable bonds is 6. The van der Waals surface area contributed by atoms with Crippen LogP contribution in [-0.2, 0) is 0 Å². The van der Waals surface area contributed by atoms with Gasteiger partial charge in [-0.2, -0.15) is 11.8 Å². The van der Waals surface area contributed by atoms with E-state index in [1.807, 2.05) is 18.8 Å². The van der Waals surface area contributed by atoms with Gasteiger partial charge in [-0.05, 0) is 36.8 Å². The number of hydrogen-bond donors (Lipinski definition) is 1. The number of thioether (sulfide) groups is 1. The molecule has 1 aromatic carbocycles. The highest BCUT2D eigenvalue weighted by Gasteiger charge is 2.11. The van der Waals surface area contributed by atoms with Crippen LogP contribution in [0.15, 0.2) is 24.3 Å². The molecular formula is C14H23NS. The van der Waals surface area contributed by atoms with Crippen molar-refractivity contribution in [3.63, 3.8) is 0 Å². The molecule has 1 nitrogen and oxygen atoms in total. The van der Waals surface area contributed by atoms with Crippen molar-refractivity contribution < 1.29 is 0 Å². The Kier molecular flexibility index (Phi) is 5.93. The monoisotopic (exact) mass is 237 g/mol. The van der Waals surface area contributed by atoms with E-state index in [1.165, 1.54) is 16.9 Å². The van der Waals surface area contributed by atoms with Crippen LogP contribution >= 0.6 is 11.8 Å². The molecule has 16 heavy (non-hydrogen) atoms. The number of nitrogens with one attached hydrogen (secondary N) is 1. The Morgan fingerprint density at radius 2 is 1.88 bits per heavy atom. The van der Waals surface area contributed by atoms with E-state index in [1.54, 1.807) is 0 Å². The van der Waals surface area contributed by atoms with Gasteiger partial charge in [0.05, 0.1) is 0 Å². The molecule has 0 bridgehead atoms. The molecule has 0 saturated heterocycles. The highest BCUT2D eigenvalue weighted by Crippen LogP contribution is 2.22. The summed E-state index contributed by atoms with van der Waals surface area (Å²) in [5.74, 6) is 3.17. The van der Waals surface area contributed by atoms with E-state index in [0.29, 0.717) is 6.04 Å². The summed E-state index contributed by atoms with van der Waals surface area (Å²) in [6.45, 7) is 6.73. The normalized spacial score (nSPS) is 13.1. The fraction of sp³-hybridized carbons (Fsp3) is 0.571. The van der Waals surface area contributed by atoms with Crippen molar-refractivity contribution in [2.24, 2.45) is 5.92 Å². The third-order valence-electron chi connectivity index (χ3n) is 2.65. The Hall–Kier alpha value is -0.470. The van der Waals surface area contributed by atoms with E-state index in [0.717, 1.165) is 11.7 Å². The number of aryl methyl sites for hydroxylation is 1. The molecule has 0 saturated carbocycles. The molecule has 0 aliphatic carbocycles. The molecular weight excluding hydrogens is 214 g/mol. The van der Waals surface area contributed by atoms with Crippen molar-refractivity contribution in [3.8, 4) is 0 Å². The van der Waals surface area contributed by atoms with Crippen molar-refractivity contribution in [1.82, 2.24) is 5.32 Å². The minimum Gasteiger partial charge on any atom is -0.312 e. The number of benzene rings is 1. The van der Waals surface area contributed by atoms with Gasteiger partial charge in [0, 0.05) is 11.8 Å². The molecule has 0 spiro atoms. The van der Waals surface area contributed by atoms with Gasteiger partial charge in [0.2, 0.25) is 0 Å². The van der Waals surface area contributed by atoms with Gasteiger partial charge in [0.15, 0.2) is 0 Å². The average Bonchev–Trinajstić information content (AvgIpc) is 2.25. The fourth-order valence-corrected chi connectivity index (χ4v) is 2.92. The molecule has 0 aromatic heterocycles. The second-order valence-corrected chi connectivity index (χ2v) is 5.70. The molecule has 1 rings (SSSR count). The molecule has 0 radical (unpaired) electrons. The Balaban J connectivity index is 2.57. The maximum atomic E-state index is 3.41. The molecule has 0 aliphatic rings. The number of hydrogen-bond acceptors (Lipinski definition) is 2. The van der Waals surface area contributed by atoms with Crippen LogP contribution in [0.1, 0.15) is 31.0 Å². The van der Waals surface area contributed by atoms with Crippen molar-refractivity contribution in [1.29, 1.82) is 0 Å². The maximum absolute atomic E-state index is 3.41. The summed E-state index contributed by atoms with van der Waals surface area (Å²) in [6, 6.07) is 9.12. The van der Waals surface area contributed by atoms with Crippen LogP contribution in [0.2, 0.25) is 0 Å². The molecule has 0 amide bonds. The molecule has 1 unspecified atom stereocenters. The zero-order valence-corrected chi connectivity index (χ0v) is 11.6. The lowest BCUT2D eigenvalue weighted by atomic mass is 10.0. The highest BCUT2D eigenvalue weighted by atomic mass is 32.2. The second kappa shape index (κ2) is 6.97. The minimum absolute atomic E-state index is 0.477. The Morgan fingerprint density at radius 1 is 1.19 bits per heavy atom. The lowest BCUT2D eigenvalue weighted by Gasteiger charge is -2.19. The van der Waals surface area contributed by atoms with Crippen molar-refractivity contribution in [3.05, 3.63) is 35.4 Å². The van der Waals surface area contributed by atoms with Crippen LogP contribution in [-0.4, -0.2) is 18.6 Å². The molecule has 0 heterocycles. The maximum Gasteiger partial charge on any atom is 0.0412 e. The van der Waals surface area contributed by atoms with Crippen LogP contribution in [0.25, 0.3) is 0 Å². The molecule has 0 fully saturated rings. The van der Waals surface area contributed by atoms with Crippen LogP contribution in [0.3, 0.4) is 0 Å². The Morgan fingerprint density at radius 3 is 2.44 bits per heavy atom. The lowest BCUT2D eigenvalue weighted by Crippen LogP contribution is -2.20. The summed E-state index contributed by atoms with van der Waals surface area (Å²) < 4.78 is 0. The van der Waals surface area contributed by atoms with Crippen molar-refractivity contribution in [2.75, 3.05) is 18.6 Å². The van der Waals surface area contributed by atoms with E-state index < -0.39 is 0 Å². The Bertz CT molecular complexity index is 309. The first-order valence-corrected chi connectivity index (χ1v) is 7.11. The first-order valence-electron chi connectivity index (χ1n) is 5.95. The third kappa shape index (κ3) is 4.18. The highest BCUT2D eigenvalue weighted by molar-refractivity contribution is 7.99. The minimum atomic E-state index is 0.477. The summed E-state index contributed by atoms with van der Waals surface area (Å²) in [6.07, 6.45) is 0. The van der Waals surface area contributed by atoms with Gasteiger partial charge in [-0.25, -0.2) is 0 Å². The molecule has 1 atom stereocenters. The summed E-state index contributed by atoms with van der Waals surface area (Å²) in [5, 5.41) is 3.41. The van der Waals surface area contributed by atoms with Gasteiger partial charge in [0.1, 0.15) is 0 Å². The summed E-state index contributed by atoms with van der Waals surface area (Å²) in [7, 11) is 2.05. The molecule has 1 aromatic rings. The summed E-state index contributed by atoms with van der Waals surface area (Å²) in [4.78, 5) is 0. The van der Waals surface area contributed by atoms with Crippen LogP contribution < -0.4 is 5.32 Å². The first-order chi connectivity index (χ1) is 7.65. The molecule has 2 heteroatoms. The van der Waals surface area contributed by atoms with E-state index in [-0.39, 0.29) is 0 Å². The first kappa shape index (κ1) is 13.6. The largest absolute Gasteiger partial charge is 0.312 e. The quantitative estimate of drug-likeness (QED) is 0.810. The standard InChI is InChI=1S/C14H23NS/c1-11(2)9-16-10-14(15-4)13-8-6-5-7-12(13)3/h5-8,11,14-15H,9-10H2,1-4H3. The topological polar surface area (TPSA) is 12.0 Å². The van der Waals surface area contributed by atoms with Crippen LogP contribution in [0, 0.1) is 12.8 Å². The second-order valence-electron chi connectivity index (χ2n) is 4.63. The third-order valence-corrected chi connectivity index (χ3v) is 4.12. The van der Waals surface area contributed by atoms with Gasteiger partial charge in [-0.15, -0.1) is 0 Å². The zero-order chi connectivity index (χ0) is 12.0. The molecule has 90 valence electrons. The average molecular weight is 237 g/mol. The van der Waals surface area contributed by atoms with Crippen LogP contribution in [0.5, 0.6) is 0 Å². The zero-order valence-electron chi connectivity index (χ0n) is 10.8. The van der Waals surface area contributed by atoms with Gasteiger partial charge in [-0.3, -0.25) is 0 Å². The molecule has 1 N–H and O–H groups in total. The fourth-order valence-electron chi connectivity index (χ4n) is 1.73. The molecule has 0 aliphatic heterocycles. The van der Waals surface area contributed by atoms with Gasteiger partial charge in [-0.1, -0.05) is 38.1 Å². The van der Waals surface area contributed by atoms with Crippen molar-refractivity contribution >= 4 is 11.8 Å². The Labute approximate surface area is 104 Å². The predicted molar refractivity (Wildman–Crippen MR) is 75.1 cm³/mol.